The molecule has 1 aliphatic rings. The number of hydrogen-bond acceptors (Lipinski definition) is 4. The van der Waals surface area contributed by atoms with Gasteiger partial charge in [0.25, 0.3) is 5.56 Å². The smallest absolute Gasteiger partial charge is 0.262 e. The van der Waals surface area contributed by atoms with Crippen molar-refractivity contribution in [2.24, 2.45) is 5.92 Å². The van der Waals surface area contributed by atoms with Crippen molar-refractivity contribution in [1.82, 2.24) is 9.55 Å². The van der Waals surface area contributed by atoms with Crippen LogP contribution < -0.4 is 5.56 Å². The number of fused-ring (bicyclic) bond motifs is 3. The monoisotopic (exact) mass is 412 g/mol. The highest BCUT2D eigenvalue weighted by Gasteiger charge is 2.26. The van der Waals surface area contributed by atoms with E-state index in [1.807, 2.05) is 13.8 Å². The van der Waals surface area contributed by atoms with Gasteiger partial charge in [-0.1, -0.05) is 20.8 Å². The van der Waals surface area contributed by atoms with Crippen molar-refractivity contribution < 1.29 is 9.18 Å². The summed E-state index contributed by atoms with van der Waals surface area (Å²) >= 11 is 1.63. The molecule has 1 atom stereocenters. The third-order valence-electron chi connectivity index (χ3n) is 5.74. The Morgan fingerprint density at radius 1 is 1.38 bits per heavy atom. The molecule has 0 fully saturated rings. The van der Waals surface area contributed by atoms with Gasteiger partial charge in [0, 0.05) is 16.4 Å². The number of carbonyl (C=O) groups excluding carboxylic acids is 1. The van der Waals surface area contributed by atoms with E-state index in [-0.39, 0.29) is 29.6 Å². The quantitative estimate of drug-likeness (QED) is 0.564. The average molecular weight is 413 g/mol. The predicted molar refractivity (Wildman–Crippen MR) is 115 cm³/mol. The number of benzene rings is 1. The second kappa shape index (κ2) is 7.48. The Bertz CT molecular complexity index is 1180. The lowest BCUT2D eigenvalue weighted by Gasteiger charge is -2.18. The van der Waals surface area contributed by atoms with Crippen LogP contribution in [0.1, 0.15) is 65.3 Å². The van der Waals surface area contributed by atoms with Crippen LogP contribution in [-0.2, 0) is 19.4 Å². The van der Waals surface area contributed by atoms with Crippen LogP contribution in [0.15, 0.2) is 23.0 Å². The van der Waals surface area contributed by atoms with E-state index < -0.39 is 0 Å². The van der Waals surface area contributed by atoms with Crippen LogP contribution in [0.2, 0.25) is 0 Å². The van der Waals surface area contributed by atoms with Gasteiger partial charge in [-0.05, 0) is 61.4 Å². The van der Waals surface area contributed by atoms with Gasteiger partial charge in [0.05, 0.1) is 11.9 Å². The first-order valence-electron chi connectivity index (χ1n) is 10.1. The van der Waals surface area contributed by atoms with Crippen LogP contribution in [0.25, 0.3) is 10.2 Å². The molecule has 0 saturated carbocycles. The van der Waals surface area contributed by atoms with Crippen molar-refractivity contribution in [3.05, 3.63) is 61.8 Å². The SMILES string of the molecule is Cc1cc(C(=O)Cn2c(C(C)C)nc3sc4c(c3c2=O)CCC(C)C4)ccc1F. The fourth-order valence-corrected chi connectivity index (χ4v) is 5.47. The minimum Gasteiger partial charge on any atom is -0.292 e. The standard InChI is InChI=1S/C23H25FN2O2S/c1-12(2)21-25-22-20(16-7-5-13(3)9-19(16)29-22)23(28)26(21)11-18(27)15-6-8-17(24)14(4)10-15/h6,8,10,12-13H,5,7,9,11H2,1-4H3. The van der Waals surface area contributed by atoms with E-state index in [4.69, 9.17) is 4.98 Å². The van der Waals surface area contributed by atoms with E-state index >= 15 is 0 Å². The van der Waals surface area contributed by atoms with Gasteiger partial charge in [-0.2, -0.15) is 0 Å². The lowest BCUT2D eigenvalue weighted by atomic mass is 9.89. The number of rotatable bonds is 4. The van der Waals surface area contributed by atoms with Crippen LogP contribution in [0.4, 0.5) is 4.39 Å². The first kappa shape index (κ1) is 20.0. The number of nitrogens with zero attached hydrogens (tertiary/aromatic N) is 2. The van der Waals surface area contributed by atoms with Gasteiger partial charge in [0.2, 0.25) is 0 Å². The molecule has 0 radical (unpaired) electrons. The van der Waals surface area contributed by atoms with Gasteiger partial charge >= 0.3 is 0 Å². The first-order valence-corrected chi connectivity index (χ1v) is 10.9. The Hall–Kier alpha value is -2.34. The van der Waals surface area contributed by atoms with Gasteiger partial charge in [-0.15, -0.1) is 11.3 Å². The van der Waals surface area contributed by atoms with Gasteiger partial charge in [0.1, 0.15) is 16.5 Å². The summed E-state index contributed by atoms with van der Waals surface area (Å²) in [5.74, 6) is 0.694. The molecule has 1 aromatic carbocycles. The number of ketones is 1. The van der Waals surface area contributed by atoms with Crippen LogP contribution in [0.5, 0.6) is 0 Å². The van der Waals surface area contributed by atoms with E-state index in [9.17, 15) is 14.0 Å². The molecule has 4 nitrogen and oxygen atoms in total. The zero-order valence-electron chi connectivity index (χ0n) is 17.2. The summed E-state index contributed by atoms with van der Waals surface area (Å²) < 4.78 is 15.1. The minimum absolute atomic E-state index is 0.00732. The largest absolute Gasteiger partial charge is 0.292 e. The predicted octanol–water partition coefficient (Wildman–Crippen LogP) is 5.04. The van der Waals surface area contributed by atoms with Gasteiger partial charge in [0.15, 0.2) is 5.78 Å². The van der Waals surface area contributed by atoms with Crippen LogP contribution in [0.3, 0.4) is 0 Å². The molecule has 1 unspecified atom stereocenters. The highest BCUT2D eigenvalue weighted by molar-refractivity contribution is 7.18. The second-order valence-electron chi connectivity index (χ2n) is 8.44. The maximum absolute atomic E-state index is 13.6. The number of carbonyl (C=O) groups is 1. The van der Waals surface area contributed by atoms with E-state index in [1.54, 1.807) is 18.3 Å². The molecular weight excluding hydrogens is 387 g/mol. The summed E-state index contributed by atoms with van der Waals surface area (Å²) in [6.07, 6.45) is 2.94. The zero-order chi connectivity index (χ0) is 20.9. The van der Waals surface area contributed by atoms with Crippen molar-refractivity contribution in [3.8, 4) is 0 Å². The summed E-state index contributed by atoms with van der Waals surface area (Å²) in [5.41, 5.74) is 1.82. The molecule has 0 saturated heterocycles. The van der Waals surface area contributed by atoms with Gasteiger partial charge < -0.3 is 0 Å². The summed E-state index contributed by atoms with van der Waals surface area (Å²) in [6.45, 7) is 7.74. The molecule has 3 aromatic rings. The normalized spacial score (nSPS) is 16.4. The molecule has 4 rings (SSSR count). The van der Waals surface area contributed by atoms with Gasteiger partial charge in [-0.3, -0.25) is 14.2 Å². The molecule has 1 aliphatic carbocycles. The number of hydrogen-bond donors (Lipinski definition) is 0. The van der Waals surface area contributed by atoms with Crippen LogP contribution in [-0.4, -0.2) is 15.3 Å². The number of thiophene rings is 1. The van der Waals surface area contributed by atoms with E-state index in [2.05, 4.69) is 6.92 Å². The van der Waals surface area contributed by atoms with Crippen molar-refractivity contribution in [2.75, 3.05) is 0 Å². The third-order valence-corrected chi connectivity index (χ3v) is 6.89. The van der Waals surface area contributed by atoms with Crippen molar-refractivity contribution in [1.29, 1.82) is 0 Å². The highest BCUT2D eigenvalue weighted by Crippen LogP contribution is 2.36. The Morgan fingerprint density at radius 2 is 2.14 bits per heavy atom. The molecule has 6 heteroatoms. The molecule has 2 aromatic heterocycles. The lowest BCUT2D eigenvalue weighted by Crippen LogP contribution is -2.29. The molecule has 0 bridgehead atoms. The molecule has 0 amide bonds. The Labute approximate surface area is 173 Å². The minimum atomic E-state index is -0.344. The number of halogens is 1. The summed E-state index contributed by atoms with van der Waals surface area (Å²) in [6, 6.07) is 4.31. The van der Waals surface area contributed by atoms with E-state index in [1.165, 1.54) is 27.6 Å². The third kappa shape index (κ3) is 3.54. The van der Waals surface area contributed by atoms with E-state index in [0.717, 1.165) is 29.7 Å². The van der Waals surface area contributed by atoms with Crippen LogP contribution >= 0.6 is 11.3 Å². The maximum atomic E-state index is 13.6. The second-order valence-corrected chi connectivity index (χ2v) is 9.52. The first-order chi connectivity index (χ1) is 13.8. The average Bonchev–Trinajstić information content (AvgIpc) is 3.03. The number of aromatic nitrogens is 2. The Kier molecular flexibility index (Phi) is 5.15. The summed E-state index contributed by atoms with van der Waals surface area (Å²) in [4.78, 5) is 33.2. The van der Waals surface area contributed by atoms with Crippen molar-refractivity contribution in [2.45, 2.75) is 59.4 Å². The van der Waals surface area contributed by atoms with Gasteiger partial charge in [-0.25, -0.2) is 9.37 Å². The molecule has 2 heterocycles. The highest BCUT2D eigenvalue weighted by atomic mass is 32.1. The fourth-order valence-electron chi connectivity index (χ4n) is 4.09. The number of aryl methyl sites for hydroxylation is 2. The number of Topliss-reactive ketones (excluding diaryl/α,β-unsaturated/α-hetero) is 1. The van der Waals surface area contributed by atoms with Crippen molar-refractivity contribution in [3.63, 3.8) is 0 Å². The molecule has 29 heavy (non-hydrogen) atoms. The molecular formula is C23H25FN2O2S. The summed E-state index contributed by atoms with van der Waals surface area (Å²) in [5, 5.41) is 0.685. The molecule has 0 aliphatic heterocycles. The van der Waals surface area contributed by atoms with Crippen molar-refractivity contribution >= 4 is 27.3 Å². The molecule has 0 N–H and O–H groups in total. The van der Waals surface area contributed by atoms with Crippen LogP contribution in [0, 0.1) is 18.7 Å². The zero-order valence-corrected chi connectivity index (χ0v) is 18.0. The van der Waals surface area contributed by atoms with E-state index in [0.29, 0.717) is 28.3 Å². The summed E-state index contributed by atoms with van der Waals surface area (Å²) in [7, 11) is 0. The Morgan fingerprint density at radius 3 is 2.83 bits per heavy atom. The topological polar surface area (TPSA) is 52.0 Å². The lowest BCUT2D eigenvalue weighted by molar-refractivity contribution is 0.0969. The Balaban J connectivity index is 1.83. The fraction of sp³-hybridized carbons (Fsp3) is 0.435. The maximum Gasteiger partial charge on any atom is 0.262 e. The molecule has 0 spiro atoms. The molecule has 152 valence electrons.